The van der Waals surface area contributed by atoms with Crippen molar-refractivity contribution < 1.29 is 4.79 Å². The van der Waals surface area contributed by atoms with Crippen molar-refractivity contribution in [3.8, 4) is 0 Å². The molecule has 2 aromatic rings. The third kappa shape index (κ3) is 2.66. The summed E-state index contributed by atoms with van der Waals surface area (Å²) in [5.74, 6) is -0.316. The quantitative estimate of drug-likeness (QED) is 0.846. The number of thiazole rings is 1. The van der Waals surface area contributed by atoms with Crippen molar-refractivity contribution in [2.24, 2.45) is 5.73 Å². The summed E-state index contributed by atoms with van der Waals surface area (Å²) in [6.45, 7) is 2.17. The standard InChI is InChI=1S/C11H11ClN4OS/c1-6-2-3-14-10(12)9(6)16-11(17)7-5-18-8(4-13)15-7/h2-3,5H,4,13H2,1H3,(H,16,17). The topological polar surface area (TPSA) is 80.9 Å². The van der Waals surface area contributed by atoms with Gasteiger partial charge in [0.2, 0.25) is 0 Å². The van der Waals surface area contributed by atoms with Crippen LogP contribution in [0.4, 0.5) is 5.69 Å². The molecule has 18 heavy (non-hydrogen) atoms. The average Bonchev–Trinajstić information content (AvgIpc) is 2.82. The summed E-state index contributed by atoms with van der Waals surface area (Å²) in [5.41, 5.74) is 7.13. The maximum absolute atomic E-state index is 12.0. The van der Waals surface area contributed by atoms with Crippen LogP contribution in [0, 0.1) is 6.92 Å². The van der Waals surface area contributed by atoms with Crippen LogP contribution < -0.4 is 11.1 Å². The van der Waals surface area contributed by atoms with Gasteiger partial charge >= 0.3 is 0 Å². The number of anilines is 1. The van der Waals surface area contributed by atoms with Crippen molar-refractivity contribution in [1.82, 2.24) is 9.97 Å². The summed E-state index contributed by atoms with van der Waals surface area (Å²) in [5, 5.41) is 5.34. The van der Waals surface area contributed by atoms with E-state index in [0.717, 1.165) is 5.56 Å². The number of halogens is 1. The van der Waals surface area contributed by atoms with Crippen LogP contribution >= 0.6 is 22.9 Å². The van der Waals surface area contributed by atoms with Crippen molar-refractivity contribution in [1.29, 1.82) is 0 Å². The molecule has 0 fully saturated rings. The van der Waals surface area contributed by atoms with Crippen molar-refractivity contribution in [3.05, 3.63) is 39.1 Å². The molecule has 1 amide bonds. The molecule has 0 spiro atoms. The van der Waals surface area contributed by atoms with E-state index < -0.39 is 0 Å². The number of aryl methyl sites for hydroxylation is 1. The molecule has 0 unspecified atom stereocenters. The van der Waals surface area contributed by atoms with Crippen LogP contribution in [-0.2, 0) is 6.54 Å². The Kier molecular flexibility index (Phi) is 3.90. The molecule has 0 aliphatic carbocycles. The Labute approximate surface area is 113 Å². The highest BCUT2D eigenvalue weighted by Crippen LogP contribution is 2.23. The number of aromatic nitrogens is 2. The van der Waals surface area contributed by atoms with Crippen LogP contribution in [0.5, 0.6) is 0 Å². The smallest absolute Gasteiger partial charge is 0.275 e. The van der Waals surface area contributed by atoms with Crippen LogP contribution in [0.15, 0.2) is 17.6 Å². The second kappa shape index (κ2) is 5.43. The molecular weight excluding hydrogens is 272 g/mol. The average molecular weight is 283 g/mol. The first-order valence-electron chi connectivity index (χ1n) is 5.18. The Morgan fingerprint density at radius 2 is 2.39 bits per heavy atom. The van der Waals surface area contributed by atoms with Gasteiger partial charge in [-0.05, 0) is 18.6 Å². The number of carbonyl (C=O) groups excluding carboxylic acids is 1. The largest absolute Gasteiger partial charge is 0.325 e. The van der Waals surface area contributed by atoms with Gasteiger partial charge < -0.3 is 11.1 Å². The van der Waals surface area contributed by atoms with E-state index in [2.05, 4.69) is 15.3 Å². The SMILES string of the molecule is Cc1ccnc(Cl)c1NC(=O)c1csc(CN)n1. The zero-order chi connectivity index (χ0) is 13.1. The molecule has 2 rings (SSSR count). The van der Waals surface area contributed by atoms with Gasteiger partial charge in [0, 0.05) is 18.1 Å². The molecule has 0 bridgehead atoms. The molecule has 2 aromatic heterocycles. The zero-order valence-corrected chi connectivity index (χ0v) is 11.2. The molecule has 7 heteroatoms. The normalized spacial score (nSPS) is 10.4. The predicted molar refractivity (Wildman–Crippen MR) is 71.9 cm³/mol. The summed E-state index contributed by atoms with van der Waals surface area (Å²) in [6.07, 6.45) is 1.59. The first-order chi connectivity index (χ1) is 8.61. The Hall–Kier alpha value is -1.50. The first kappa shape index (κ1) is 12.9. The molecule has 0 aromatic carbocycles. The van der Waals surface area contributed by atoms with Crippen LogP contribution in [0.1, 0.15) is 21.1 Å². The highest BCUT2D eigenvalue weighted by Gasteiger charge is 2.13. The number of carbonyl (C=O) groups is 1. The molecule has 5 nitrogen and oxygen atoms in total. The predicted octanol–water partition coefficient (Wildman–Crippen LogP) is 2.21. The Morgan fingerprint density at radius 3 is 3.00 bits per heavy atom. The number of amides is 1. The van der Waals surface area contributed by atoms with Gasteiger partial charge in [0.05, 0.1) is 5.69 Å². The zero-order valence-electron chi connectivity index (χ0n) is 9.61. The molecular formula is C11H11ClN4OS. The van der Waals surface area contributed by atoms with E-state index >= 15 is 0 Å². The molecule has 94 valence electrons. The summed E-state index contributed by atoms with van der Waals surface area (Å²) >= 11 is 7.28. The van der Waals surface area contributed by atoms with Crippen LogP contribution in [0.25, 0.3) is 0 Å². The highest BCUT2D eigenvalue weighted by molar-refractivity contribution is 7.09. The number of rotatable bonds is 3. The fourth-order valence-electron chi connectivity index (χ4n) is 1.36. The van der Waals surface area contributed by atoms with Gasteiger partial charge in [-0.25, -0.2) is 9.97 Å². The van der Waals surface area contributed by atoms with Gasteiger partial charge in [0.1, 0.15) is 10.7 Å². The summed E-state index contributed by atoms with van der Waals surface area (Å²) in [4.78, 5) is 20.0. The summed E-state index contributed by atoms with van der Waals surface area (Å²) in [7, 11) is 0. The molecule has 3 N–H and O–H groups in total. The molecule has 0 aliphatic rings. The fraction of sp³-hybridized carbons (Fsp3) is 0.182. The first-order valence-corrected chi connectivity index (χ1v) is 6.44. The second-order valence-electron chi connectivity index (χ2n) is 3.58. The lowest BCUT2D eigenvalue weighted by molar-refractivity contribution is 0.102. The summed E-state index contributed by atoms with van der Waals surface area (Å²) in [6, 6.07) is 1.77. The Bertz CT molecular complexity index is 564. The van der Waals surface area contributed by atoms with Gasteiger partial charge in [-0.2, -0.15) is 0 Å². The minimum Gasteiger partial charge on any atom is -0.325 e. The third-order valence-corrected chi connectivity index (χ3v) is 3.47. The van der Waals surface area contributed by atoms with E-state index in [1.165, 1.54) is 11.3 Å². The minimum absolute atomic E-state index is 0.262. The van der Waals surface area contributed by atoms with E-state index in [-0.39, 0.29) is 11.1 Å². The van der Waals surface area contributed by atoms with Crippen molar-refractivity contribution in [2.75, 3.05) is 5.32 Å². The molecule has 0 saturated carbocycles. The fourth-order valence-corrected chi connectivity index (χ4v) is 2.27. The lowest BCUT2D eigenvalue weighted by Gasteiger charge is -2.07. The highest BCUT2D eigenvalue weighted by atomic mass is 35.5. The van der Waals surface area contributed by atoms with E-state index in [1.54, 1.807) is 17.6 Å². The van der Waals surface area contributed by atoms with Gasteiger partial charge in [-0.15, -0.1) is 11.3 Å². The molecule has 0 radical (unpaired) electrons. The number of hydrogen-bond acceptors (Lipinski definition) is 5. The summed E-state index contributed by atoms with van der Waals surface area (Å²) < 4.78 is 0. The number of nitrogens with zero attached hydrogens (tertiary/aromatic N) is 2. The monoisotopic (exact) mass is 282 g/mol. The van der Waals surface area contributed by atoms with Crippen molar-refractivity contribution in [3.63, 3.8) is 0 Å². The number of nitrogens with two attached hydrogens (primary N) is 1. The maximum atomic E-state index is 12.0. The lowest BCUT2D eigenvalue weighted by Crippen LogP contribution is -2.14. The number of hydrogen-bond donors (Lipinski definition) is 2. The number of nitrogens with one attached hydrogen (secondary N) is 1. The van der Waals surface area contributed by atoms with Crippen LogP contribution in [0.2, 0.25) is 5.15 Å². The van der Waals surface area contributed by atoms with Crippen LogP contribution in [-0.4, -0.2) is 15.9 Å². The minimum atomic E-state index is -0.316. The second-order valence-corrected chi connectivity index (χ2v) is 4.88. The van der Waals surface area contributed by atoms with Gasteiger partial charge in [0.25, 0.3) is 5.91 Å². The van der Waals surface area contributed by atoms with E-state index in [1.807, 2.05) is 6.92 Å². The number of pyridine rings is 1. The molecule has 0 saturated heterocycles. The van der Waals surface area contributed by atoms with E-state index in [0.29, 0.717) is 22.9 Å². The van der Waals surface area contributed by atoms with E-state index in [9.17, 15) is 4.79 Å². The third-order valence-electron chi connectivity index (χ3n) is 2.31. The van der Waals surface area contributed by atoms with Gasteiger partial charge in [-0.1, -0.05) is 11.6 Å². The van der Waals surface area contributed by atoms with Crippen molar-refractivity contribution >= 4 is 34.5 Å². The van der Waals surface area contributed by atoms with Crippen molar-refractivity contribution in [2.45, 2.75) is 13.5 Å². The Balaban J connectivity index is 2.21. The molecule has 0 aliphatic heterocycles. The molecule has 0 atom stereocenters. The lowest BCUT2D eigenvalue weighted by atomic mass is 10.2. The Morgan fingerprint density at radius 1 is 1.61 bits per heavy atom. The van der Waals surface area contributed by atoms with Gasteiger partial charge in [0.15, 0.2) is 5.15 Å². The molecule has 2 heterocycles. The van der Waals surface area contributed by atoms with Crippen LogP contribution in [0.3, 0.4) is 0 Å². The van der Waals surface area contributed by atoms with E-state index in [4.69, 9.17) is 17.3 Å². The maximum Gasteiger partial charge on any atom is 0.275 e. The van der Waals surface area contributed by atoms with Gasteiger partial charge in [-0.3, -0.25) is 4.79 Å².